The third kappa shape index (κ3) is 32.3. The van der Waals surface area contributed by atoms with Gasteiger partial charge in [-0.25, -0.2) is 4.79 Å². The van der Waals surface area contributed by atoms with Crippen LogP contribution < -0.4 is 0 Å². The molecule has 0 aliphatic rings. The van der Waals surface area contributed by atoms with E-state index in [-0.39, 0.29) is 29.8 Å². The van der Waals surface area contributed by atoms with Crippen molar-refractivity contribution in [3.63, 3.8) is 0 Å². The van der Waals surface area contributed by atoms with Gasteiger partial charge in [-0.3, -0.25) is 24.0 Å². The molecule has 0 N–H and O–H groups in total. The Bertz CT molecular complexity index is 886. The zero-order valence-corrected chi connectivity index (χ0v) is 28.6. The van der Waals surface area contributed by atoms with Crippen molar-refractivity contribution < 1.29 is 57.2 Å². The Morgan fingerprint density at radius 2 is 0.638 bits per heavy atom. The molecule has 12 nitrogen and oxygen atoms in total. The highest BCUT2D eigenvalue weighted by atomic mass is 16.5. The lowest BCUT2D eigenvalue weighted by atomic mass is 10.2. The van der Waals surface area contributed by atoms with Crippen molar-refractivity contribution in [1.29, 1.82) is 0 Å². The van der Waals surface area contributed by atoms with Crippen LogP contribution in [0.25, 0.3) is 0 Å². The highest BCUT2D eigenvalue weighted by molar-refractivity contribution is 5.81. The molecule has 0 radical (unpaired) electrons. The molecule has 0 fully saturated rings. The van der Waals surface area contributed by atoms with Gasteiger partial charge in [-0.05, 0) is 103 Å². The number of unbranched alkanes of at least 4 members (excludes halogenated alkanes) is 10. The quantitative estimate of drug-likeness (QED) is 0.0343. The van der Waals surface area contributed by atoms with Gasteiger partial charge in [0.1, 0.15) is 0 Å². The highest BCUT2D eigenvalue weighted by Gasteiger charge is 2.08. The van der Waals surface area contributed by atoms with Crippen LogP contribution in [0.4, 0.5) is 0 Å². The molecule has 0 aliphatic carbocycles. The number of rotatable bonds is 32. The number of hydrogen-bond donors (Lipinski definition) is 0. The van der Waals surface area contributed by atoms with E-state index in [1.54, 1.807) is 6.92 Å². The molecular formula is C35H58O12. The lowest BCUT2D eigenvalue weighted by Gasteiger charge is -2.07. The van der Waals surface area contributed by atoms with Crippen LogP contribution in [0.5, 0.6) is 0 Å². The van der Waals surface area contributed by atoms with Gasteiger partial charge in [-0.2, -0.15) is 0 Å². The lowest BCUT2D eigenvalue weighted by molar-refractivity contribution is -0.145. The van der Waals surface area contributed by atoms with Gasteiger partial charge in [-0.15, -0.1) is 0 Å². The predicted octanol–water partition coefficient (Wildman–Crippen LogP) is 6.25. The highest BCUT2D eigenvalue weighted by Crippen LogP contribution is 2.08. The number of carbonyl (C=O) groups is 6. The molecule has 0 unspecified atom stereocenters. The van der Waals surface area contributed by atoms with Gasteiger partial charge in [0.05, 0.1) is 39.6 Å². The first-order chi connectivity index (χ1) is 22.8. The van der Waals surface area contributed by atoms with E-state index in [1.807, 2.05) is 0 Å². The molecule has 0 aromatic carbocycles. The number of esters is 6. The summed E-state index contributed by atoms with van der Waals surface area (Å²) in [5, 5.41) is 0. The molecule has 0 aromatic heterocycles. The summed E-state index contributed by atoms with van der Waals surface area (Å²) in [6, 6.07) is 0. The van der Waals surface area contributed by atoms with Gasteiger partial charge in [0.2, 0.25) is 0 Å². The summed E-state index contributed by atoms with van der Waals surface area (Å²) >= 11 is 0. The molecule has 0 amide bonds. The van der Waals surface area contributed by atoms with Crippen molar-refractivity contribution in [2.75, 3.05) is 39.6 Å². The van der Waals surface area contributed by atoms with Gasteiger partial charge >= 0.3 is 35.8 Å². The molecule has 0 heterocycles. The van der Waals surface area contributed by atoms with Crippen molar-refractivity contribution >= 4 is 35.8 Å². The van der Waals surface area contributed by atoms with Crippen LogP contribution in [0.3, 0.4) is 0 Å². The maximum Gasteiger partial charge on any atom is 0.330 e. The van der Waals surface area contributed by atoms with Gasteiger partial charge in [-0.1, -0.05) is 6.58 Å². The molecule has 0 bridgehead atoms. The van der Waals surface area contributed by atoms with E-state index in [4.69, 9.17) is 28.4 Å². The molecule has 0 aliphatic heterocycles. The van der Waals surface area contributed by atoms with Crippen LogP contribution in [0.2, 0.25) is 0 Å². The van der Waals surface area contributed by atoms with Crippen molar-refractivity contribution in [2.45, 2.75) is 135 Å². The van der Waals surface area contributed by atoms with Crippen LogP contribution in [-0.2, 0) is 57.2 Å². The van der Waals surface area contributed by atoms with Crippen molar-refractivity contribution in [2.24, 2.45) is 0 Å². The first kappa shape index (κ1) is 43.6. The van der Waals surface area contributed by atoms with Crippen LogP contribution in [0.15, 0.2) is 12.7 Å². The van der Waals surface area contributed by atoms with E-state index >= 15 is 0 Å². The minimum atomic E-state index is -0.446. The van der Waals surface area contributed by atoms with E-state index in [9.17, 15) is 28.8 Å². The Morgan fingerprint density at radius 1 is 0.383 bits per heavy atom. The van der Waals surface area contributed by atoms with Crippen LogP contribution >= 0.6 is 0 Å². The largest absolute Gasteiger partial charge is 0.466 e. The number of hydrogen-bond acceptors (Lipinski definition) is 12. The molecule has 270 valence electrons. The number of carbonyl (C=O) groups excluding carboxylic acids is 6. The topological polar surface area (TPSA) is 158 Å². The van der Waals surface area contributed by atoms with E-state index in [2.05, 4.69) is 6.58 Å². The predicted molar refractivity (Wildman–Crippen MR) is 174 cm³/mol. The van der Waals surface area contributed by atoms with Crippen molar-refractivity contribution in [1.82, 2.24) is 0 Å². The first-order valence-electron chi connectivity index (χ1n) is 17.4. The molecule has 0 saturated heterocycles. The summed E-state index contributed by atoms with van der Waals surface area (Å²) in [6.07, 6.45) is 13.5. The summed E-state index contributed by atoms with van der Waals surface area (Å²) < 4.78 is 30.6. The maximum atomic E-state index is 11.9. The fourth-order valence-electron chi connectivity index (χ4n) is 4.24. The molecule has 47 heavy (non-hydrogen) atoms. The van der Waals surface area contributed by atoms with Crippen LogP contribution in [0, 0.1) is 0 Å². The third-order valence-electron chi connectivity index (χ3n) is 6.89. The van der Waals surface area contributed by atoms with Gasteiger partial charge in [0, 0.05) is 38.2 Å². The average Bonchev–Trinajstić information content (AvgIpc) is 3.05. The van der Waals surface area contributed by atoms with E-state index in [0.717, 1.165) is 51.0 Å². The van der Waals surface area contributed by atoms with E-state index < -0.39 is 5.97 Å². The minimum absolute atomic E-state index is 0.196. The molecule has 0 atom stereocenters. The molecule has 0 saturated carbocycles. The summed E-state index contributed by atoms with van der Waals surface area (Å²) in [6.45, 7) is 7.13. The SMILES string of the molecule is C=CC(=O)OCCCCCC(=O)OCCCCCC(=O)OCCCCCC(=O)OCCCCCC(=O)OCCCCCC(=O)OCC. The molecule has 0 rings (SSSR count). The molecule has 12 heteroatoms. The first-order valence-corrected chi connectivity index (χ1v) is 17.4. The Hall–Kier alpha value is -3.44. The average molecular weight is 671 g/mol. The lowest BCUT2D eigenvalue weighted by Crippen LogP contribution is -2.08. The fraction of sp³-hybridized carbons (Fsp3) is 0.771. The zero-order valence-electron chi connectivity index (χ0n) is 28.6. The summed E-state index contributed by atoms with van der Waals surface area (Å²) in [5.41, 5.74) is 0. The van der Waals surface area contributed by atoms with Gasteiger partial charge in [0.25, 0.3) is 0 Å². The molecular weight excluding hydrogens is 612 g/mol. The van der Waals surface area contributed by atoms with Crippen molar-refractivity contribution in [3.05, 3.63) is 12.7 Å². The Labute approximate surface area is 280 Å². The van der Waals surface area contributed by atoms with E-state index in [0.29, 0.717) is 123 Å². The Kier molecular flexibility index (Phi) is 30.1. The van der Waals surface area contributed by atoms with E-state index in [1.165, 1.54) is 0 Å². The smallest absolute Gasteiger partial charge is 0.330 e. The maximum absolute atomic E-state index is 11.9. The second-order valence-corrected chi connectivity index (χ2v) is 11.1. The minimum Gasteiger partial charge on any atom is -0.466 e. The zero-order chi connectivity index (χ0) is 34.8. The van der Waals surface area contributed by atoms with Crippen LogP contribution in [0.1, 0.15) is 135 Å². The van der Waals surface area contributed by atoms with Gasteiger partial charge < -0.3 is 28.4 Å². The fourth-order valence-corrected chi connectivity index (χ4v) is 4.24. The van der Waals surface area contributed by atoms with Gasteiger partial charge in [0.15, 0.2) is 0 Å². The summed E-state index contributed by atoms with van der Waals surface area (Å²) in [4.78, 5) is 69.4. The Morgan fingerprint density at radius 3 is 0.894 bits per heavy atom. The standard InChI is InChI=1S/C35H58O12/c1-3-30(36)43-25-15-6-11-21-32(38)45-27-17-8-13-23-34(40)47-29-19-9-14-24-35(41)46-28-18-7-12-22-33(39)44-26-16-5-10-20-31(37)42-4-2/h3H,1,4-29H2,2H3. The molecule has 0 aromatic rings. The second kappa shape index (κ2) is 32.5. The summed E-state index contributed by atoms with van der Waals surface area (Å²) in [5.74, 6) is -1.63. The Balaban J connectivity index is 3.45. The third-order valence-corrected chi connectivity index (χ3v) is 6.89. The van der Waals surface area contributed by atoms with Crippen molar-refractivity contribution in [3.8, 4) is 0 Å². The van der Waals surface area contributed by atoms with Crippen LogP contribution in [-0.4, -0.2) is 75.5 Å². The second-order valence-electron chi connectivity index (χ2n) is 11.1. The normalized spacial score (nSPS) is 10.5. The molecule has 0 spiro atoms. The summed E-state index contributed by atoms with van der Waals surface area (Å²) in [7, 11) is 0. The monoisotopic (exact) mass is 670 g/mol. The number of ether oxygens (including phenoxy) is 6.